The molecule has 88 valence electrons. The zero-order valence-electron chi connectivity index (χ0n) is 10.3. The molecule has 1 heterocycles. The Bertz CT molecular complexity index is 218. The van der Waals surface area contributed by atoms with Crippen molar-refractivity contribution in [3.63, 3.8) is 0 Å². The number of amides is 1. The molecule has 1 aliphatic heterocycles. The van der Waals surface area contributed by atoms with Gasteiger partial charge in [-0.05, 0) is 33.0 Å². The lowest BCUT2D eigenvalue weighted by molar-refractivity contribution is -0.132. The quantitative estimate of drug-likeness (QED) is 0.714. The second kappa shape index (κ2) is 5.47. The molecule has 0 bridgehead atoms. The second-order valence-electron chi connectivity index (χ2n) is 4.76. The minimum atomic E-state index is 0.0390. The zero-order valence-corrected chi connectivity index (χ0v) is 10.3. The molecule has 0 saturated carbocycles. The van der Waals surface area contributed by atoms with Gasteiger partial charge in [-0.25, -0.2) is 0 Å². The summed E-state index contributed by atoms with van der Waals surface area (Å²) in [6.07, 6.45) is 1.11. The topological polar surface area (TPSA) is 35.6 Å². The minimum absolute atomic E-state index is 0.0390. The van der Waals surface area contributed by atoms with Gasteiger partial charge in [-0.3, -0.25) is 4.79 Å². The lowest BCUT2D eigenvalue weighted by Crippen LogP contribution is -2.46. The molecule has 1 aliphatic rings. The molecule has 0 spiro atoms. The summed E-state index contributed by atoms with van der Waals surface area (Å²) in [5, 5.41) is 3.27. The fourth-order valence-electron chi connectivity index (χ4n) is 1.86. The molecule has 4 nitrogen and oxygen atoms in total. The Balaban J connectivity index is 2.38. The minimum Gasteiger partial charge on any atom is -0.343 e. The Labute approximate surface area is 92.6 Å². The van der Waals surface area contributed by atoms with Crippen LogP contribution in [-0.2, 0) is 4.79 Å². The SMILES string of the molecule is CC1CCNC1C(=O)N(C)CCN(C)C. The van der Waals surface area contributed by atoms with Gasteiger partial charge in [-0.15, -0.1) is 0 Å². The third kappa shape index (κ3) is 3.47. The molecule has 0 aromatic heterocycles. The molecule has 15 heavy (non-hydrogen) atoms. The molecule has 1 N–H and O–H groups in total. The number of hydrogen-bond donors (Lipinski definition) is 1. The van der Waals surface area contributed by atoms with Gasteiger partial charge in [0.2, 0.25) is 5.91 Å². The largest absolute Gasteiger partial charge is 0.343 e. The molecule has 0 aromatic carbocycles. The summed E-state index contributed by atoms with van der Waals surface area (Å²) in [7, 11) is 5.93. The van der Waals surface area contributed by atoms with E-state index in [0.29, 0.717) is 5.92 Å². The summed E-state index contributed by atoms with van der Waals surface area (Å²) in [6, 6.07) is 0.0390. The Morgan fingerprint density at radius 3 is 2.47 bits per heavy atom. The molecule has 2 atom stereocenters. The van der Waals surface area contributed by atoms with Crippen molar-refractivity contribution in [2.24, 2.45) is 5.92 Å². The standard InChI is InChI=1S/C11H23N3O/c1-9-5-6-12-10(9)11(15)14(4)8-7-13(2)3/h9-10,12H,5-8H2,1-4H3. The van der Waals surface area contributed by atoms with E-state index in [-0.39, 0.29) is 11.9 Å². The number of nitrogens with one attached hydrogen (secondary N) is 1. The van der Waals surface area contributed by atoms with Crippen LogP contribution in [-0.4, -0.2) is 62.5 Å². The molecular formula is C11H23N3O. The summed E-state index contributed by atoms with van der Waals surface area (Å²) in [6.45, 7) is 4.83. The fraction of sp³-hybridized carbons (Fsp3) is 0.909. The first-order valence-corrected chi connectivity index (χ1v) is 5.65. The van der Waals surface area contributed by atoms with Gasteiger partial charge in [0.05, 0.1) is 6.04 Å². The Morgan fingerprint density at radius 1 is 1.33 bits per heavy atom. The summed E-state index contributed by atoms with van der Waals surface area (Å²) in [5.41, 5.74) is 0. The van der Waals surface area contributed by atoms with Crippen molar-refractivity contribution in [3.05, 3.63) is 0 Å². The average molecular weight is 213 g/mol. The third-order valence-corrected chi connectivity index (χ3v) is 3.06. The van der Waals surface area contributed by atoms with Gasteiger partial charge < -0.3 is 15.1 Å². The van der Waals surface area contributed by atoms with Crippen molar-refractivity contribution in [1.29, 1.82) is 0 Å². The van der Waals surface area contributed by atoms with Crippen LogP contribution in [0.15, 0.2) is 0 Å². The number of hydrogen-bond acceptors (Lipinski definition) is 3. The van der Waals surface area contributed by atoms with Crippen LogP contribution in [0.4, 0.5) is 0 Å². The van der Waals surface area contributed by atoms with Crippen LogP contribution in [0.2, 0.25) is 0 Å². The Morgan fingerprint density at radius 2 is 2.00 bits per heavy atom. The van der Waals surface area contributed by atoms with Crippen molar-refractivity contribution in [1.82, 2.24) is 15.1 Å². The summed E-state index contributed by atoms with van der Waals surface area (Å²) in [5.74, 6) is 0.709. The van der Waals surface area contributed by atoms with Crippen molar-refractivity contribution < 1.29 is 4.79 Å². The first kappa shape index (κ1) is 12.5. The van der Waals surface area contributed by atoms with Crippen molar-refractivity contribution in [3.8, 4) is 0 Å². The van der Waals surface area contributed by atoms with E-state index >= 15 is 0 Å². The van der Waals surface area contributed by atoms with Crippen molar-refractivity contribution in [2.75, 3.05) is 40.8 Å². The molecule has 0 aliphatic carbocycles. The lowest BCUT2D eigenvalue weighted by Gasteiger charge is -2.24. The second-order valence-corrected chi connectivity index (χ2v) is 4.76. The van der Waals surface area contributed by atoms with E-state index in [1.165, 1.54) is 0 Å². The normalized spacial score (nSPS) is 25.9. The fourth-order valence-corrected chi connectivity index (χ4v) is 1.86. The van der Waals surface area contributed by atoms with E-state index in [4.69, 9.17) is 0 Å². The smallest absolute Gasteiger partial charge is 0.239 e. The molecule has 1 rings (SSSR count). The molecule has 1 fully saturated rings. The van der Waals surface area contributed by atoms with E-state index < -0.39 is 0 Å². The number of carbonyl (C=O) groups is 1. The van der Waals surface area contributed by atoms with Gasteiger partial charge in [0.1, 0.15) is 0 Å². The first-order chi connectivity index (χ1) is 7.02. The maximum absolute atomic E-state index is 12.0. The first-order valence-electron chi connectivity index (χ1n) is 5.65. The third-order valence-electron chi connectivity index (χ3n) is 3.06. The van der Waals surface area contributed by atoms with E-state index in [1.807, 2.05) is 26.0 Å². The number of rotatable bonds is 4. The highest BCUT2D eigenvalue weighted by Crippen LogP contribution is 2.15. The lowest BCUT2D eigenvalue weighted by atomic mass is 10.0. The molecule has 1 saturated heterocycles. The van der Waals surface area contributed by atoms with Gasteiger partial charge >= 0.3 is 0 Å². The van der Waals surface area contributed by atoms with Crippen LogP contribution in [0.25, 0.3) is 0 Å². The van der Waals surface area contributed by atoms with Crippen molar-refractivity contribution in [2.45, 2.75) is 19.4 Å². The summed E-state index contributed by atoms with van der Waals surface area (Å²) < 4.78 is 0. The van der Waals surface area contributed by atoms with Crippen LogP contribution in [0.3, 0.4) is 0 Å². The number of nitrogens with zero attached hydrogens (tertiary/aromatic N) is 2. The number of likely N-dealkylation sites (N-methyl/N-ethyl adjacent to an activating group) is 2. The maximum Gasteiger partial charge on any atom is 0.239 e. The summed E-state index contributed by atoms with van der Waals surface area (Å²) in [4.78, 5) is 15.9. The van der Waals surface area contributed by atoms with Gasteiger partial charge in [-0.1, -0.05) is 6.92 Å². The van der Waals surface area contributed by atoms with E-state index in [0.717, 1.165) is 26.1 Å². The predicted octanol–water partition coefficient (Wildman–Crippen LogP) is 0.00440. The van der Waals surface area contributed by atoms with E-state index in [1.54, 1.807) is 0 Å². The molecule has 0 radical (unpaired) electrons. The van der Waals surface area contributed by atoms with Crippen LogP contribution in [0.5, 0.6) is 0 Å². The van der Waals surface area contributed by atoms with E-state index in [9.17, 15) is 4.79 Å². The van der Waals surface area contributed by atoms with Gasteiger partial charge in [0.15, 0.2) is 0 Å². The highest BCUT2D eigenvalue weighted by molar-refractivity contribution is 5.82. The average Bonchev–Trinajstić information content (AvgIpc) is 2.59. The molecule has 4 heteroatoms. The van der Waals surface area contributed by atoms with Crippen molar-refractivity contribution >= 4 is 5.91 Å². The van der Waals surface area contributed by atoms with Crippen LogP contribution in [0, 0.1) is 5.92 Å². The maximum atomic E-state index is 12.0. The molecule has 0 aromatic rings. The van der Waals surface area contributed by atoms with Gasteiger partial charge in [-0.2, -0.15) is 0 Å². The number of carbonyl (C=O) groups excluding carboxylic acids is 1. The van der Waals surface area contributed by atoms with Crippen LogP contribution in [0.1, 0.15) is 13.3 Å². The van der Waals surface area contributed by atoms with Gasteiger partial charge in [0.25, 0.3) is 0 Å². The Kier molecular flexibility index (Phi) is 4.54. The molecular weight excluding hydrogens is 190 g/mol. The summed E-state index contributed by atoms with van der Waals surface area (Å²) >= 11 is 0. The zero-order chi connectivity index (χ0) is 11.4. The Hall–Kier alpha value is -0.610. The predicted molar refractivity (Wildman–Crippen MR) is 61.8 cm³/mol. The highest BCUT2D eigenvalue weighted by Gasteiger charge is 2.30. The molecule has 1 amide bonds. The van der Waals surface area contributed by atoms with Crippen LogP contribution >= 0.6 is 0 Å². The van der Waals surface area contributed by atoms with Crippen LogP contribution < -0.4 is 5.32 Å². The van der Waals surface area contributed by atoms with Gasteiger partial charge in [0, 0.05) is 20.1 Å². The monoisotopic (exact) mass is 213 g/mol. The van der Waals surface area contributed by atoms with E-state index in [2.05, 4.69) is 17.1 Å². The highest BCUT2D eigenvalue weighted by atomic mass is 16.2. The molecule has 2 unspecified atom stereocenters.